The third-order valence-corrected chi connectivity index (χ3v) is 14.2. The van der Waals surface area contributed by atoms with Crippen molar-refractivity contribution >= 4 is 27.8 Å². The van der Waals surface area contributed by atoms with Crippen molar-refractivity contribution in [3.63, 3.8) is 0 Å². The molecule has 4 fully saturated rings. The van der Waals surface area contributed by atoms with Crippen molar-refractivity contribution in [2.24, 2.45) is 52.3 Å². The van der Waals surface area contributed by atoms with Gasteiger partial charge in [0.15, 0.2) is 5.78 Å². The van der Waals surface area contributed by atoms with Crippen LogP contribution in [0.15, 0.2) is 54.6 Å². The van der Waals surface area contributed by atoms with E-state index in [9.17, 15) is 4.79 Å². The first kappa shape index (κ1) is 35.7. The van der Waals surface area contributed by atoms with Gasteiger partial charge in [0.1, 0.15) is 11.5 Å². The Balaban J connectivity index is 1.01. The second-order valence-electron chi connectivity index (χ2n) is 17.0. The van der Waals surface area contributed by atoms with Crippen LogP contribution in [0.25, 0.3) is 6.08 Å². The van der Waals surface area contributed by atoms with Crippen LogP contribution in [0, 0.1) is 52.3 Å². The standard InChI is InChI=1S/C44H61BrO3/c1-30(2)7-6-8-31(3)39-20-21-40-38-19-14-34-29-37(23-25-43(34,4)41(38)24-26-44(39,40)5)48-36-15-9-32(10-16-36)11-22-42(46)33-12-17-35(18-13-33)47-28-27-45/h9-13,15-18,22,30-31,34,37-41H,6-8,14,19-21,23-29H2,1-5H3/t31-,34?,37?,38+,39-,40+,41+,43+,44-/m1/s1. The second-order valence-corrected chi connectivity index (χ2v) is 17.8. The molecule has 262 valence electrons. The Morgan fingerprint density at radius 2 is 1.56 bits per heavy atom. The number of benzene rings is 2. The van der Waals surface area contributed by atoms with Crippen molar-refractivity contribution in [3.05, 3.63) is 65.7 Å². The Labute approximate surface area is 300 Å². The maximum absolute atomic E-state index is 12.7. The number of ketones is 1. The Bertz CT molecular complexity index is 1380. The minimum Gasteiger partial charge on any atom is -0.493 e. The van der Waals surface area contributed by atoms with Gasteiger partial charge in [0.05, 0.1) is 12.7 Å². The molecule has 0 aliphatic heterocycles. The summed E-state index contributed by atoms with van der Waals surface area (Å²) in [6.45, 7) is 13.4. The molecular formula is C44H61BrO3. The molecule has 0 spiro atoms. The van der Waals surface area contributed by atoms with Gasteiger partial charge in [-0.25, -0.2) is 0 Å². The average Bonchev–Trinajstić information content (AvgIpc) is 3.44. The predicted molar refractivity (Wildman–Crippen MR) is 203 cm³/mol. The zero-order valence-corrected chi connectivity index (χ0v) is 32.0. The molecule has 0 amide bonds. The van der Waals surface area contributed by atoms with E-state index in [1.54, 1.807) is 6.08 Å². The van der Waals surface area contributed by atoms with Gasteiger partial charge in [-0.3, -0.25) is 4.79 Å². The SMILES string of the molecule is CC(C)CCC[C@@H](C)[C@H]1CC[C@H]2[C@@H]3CCC4CC(Oc5ccc(C=CC(=O)c6ccc(OCCBr)cc6)cc5)CC[C@]4(C)[C@H]3CC[C@]12C. The summed E-state index contributed by atoms with van der Waals surface area (Å²) in [5, 5.41) is 0.778. The van der Waals surface area contributed by atoms with Crippen molar-refractivity contribution in [1.82, 2.24) is 0 Å². The van der Waals surface area contributed by atoms with E-state index in [2.05, 4.69) is 74.8 Å². The van der Waals surface area contributed by atoms with Crippen LogP contribution in [0.3, 0.4) is 0 Å². The number of halogens is 1. The lowest BCUT2D eigenvalue weighted by Crippen LogP contribution is -2.54. The van der Waals surface area contributed by atoms with Crippen molar-refractivity contribution in [1.29, 1.82) is 0 Å². The number of carbonyl (C=O) groups is 1. The summed E-state index contributed by atoms with van der Waals surface area (Å²) in [5.74, 6) is 7.96. The van der Waals surface area contributed by atoms with Crippen LogP contribution < -0.4 is 9.47 Å². The maximum Gasteiger partial charge on any atom is 0.185 e. The molecule has 0 N–H and O–H groups in total. The zero-order chi connectivity index (χ0) is 33.9. The Kier molecular flexibility index (Phi) is 11.5. The van der Waals surface area contributed by atoms with Gasteiger partial charge in [-0.15, -0.1) is 0 Å². The highest BCUT2D eigenvalue weighted by atomic mass is 79.9. The molecule has 4 aliphatic rings. The van der Waals surface area contributed by atoms with Crippen LogP contribution in [0.2, 0.25) is 0 Å². The van der Waals surface area contributed by atoms with Crippen LogP contribution >= 0.6 is 15.9 Å². The number of hydrogen-bond donors (Lipinski definition) is 0. The fraction of sp³-hybridized carbons (Fsp3) is 0.659. The summed E-state index contributed by atoms with van der Waals surface area (Å²) >= 11 is 3.36. The number of ether oxygens (including phenoxy) is 2. The van der Waals surface area contributed by atoms with E-state index in [0.717, 1.165) is 63.8 Å². The molecule has 0 aromatic heterocycles. The summed E-state index contributed by atoms with van der Waals surface area (Å²) in [5.41, 5.74) is 2.72. The number of rotatable bonds is 13. The van der Waals surface area contributed by atoms with Gasteiger partial charge in [0.25, 0.3) is 0 Å². The third kappa shape index (κ3) is 7.64. The van der Waals surface area contributed by atoms with Crippen molar-refractivity contribution in [2.75, 3.05) is 11.9 Å². The molecule has 3 nitrogen and oxygen atoms in total. The van der Waals surface area contributed by atoms with Gasteiger partial charge >= 0.3 is 0 Å². The molecule has 4 heteroatoms. The molecule has 0 heterocycles. The van der Waals surface area contributed by atoms with E-state index in [0.29, 0.717) is 29.1 Å². The lowest BCUT2D eigenvalue weighted by atomic mass is 9.44. The monoisotopic (exact) mass is 716 g/mol. The number of carbonyl (C=O) groups excluding carboxylic acids is 1. The largest absolute Gasteiger partial charge is 0.493 e. The molecule has 2 aromatic rings. The Hall–Kier alpha value is -2.07. The summed E-state index contributed by atoms with van der Waals surface area (Å²) in [7, 11) is 0. The number of hydrogen-bond acceptors (Lipinski definition) is 3. The quantitative estimate of drug-likeness (QED) is 0.118. The van der Waals surface area contributed by atoms with Gasteiger partial charge in [-0.2, -0.15) is 0 Å². The first-order chi connectivity index (χ1) is 23.1. The number of alkyl halides is 1. The van der Waals surface area contributed by atoms with E-state index in [1.165, 1.54) is 77.0 Å². The molecule has 9 atom stereocenters. The van der Waals surface area contributed by atoms with Crippen molar-refractivity contribution in [2.45, 2.75) is 118 Å². The van der Waals surface area contributed by atoms with Crippen molar-refractivity contribution < 1.29 is 14.3 Å². The number of allylic oxidation sites excluding steroid dienone is 1. The fourth-order valence-corrected chi connectivity index (χ4v) is 11.5. The molecule has 0 bridgehead atoms. The minimum absolute atomic E-state index is 0.00987. The highest BCUT2D eigenvalue weighted by molar-refractivity contribution is 9.09. The molecule has 4 saturated carbocycles. The smallest absolute Gasteiger partial charge is 0.185 e. The fourth-order valence-electron chi connectivity index (χ4n) is 11.3. The molecule has 2 unspecified atom stereocenters. The molecule has 0 saturated heterocycles. The molecular weight excluding hydrogens is 656 g/mol. The van der Waals surface area contributed by atoms with Gasteiger partial charge < -0.3 is 9.47 Å². The molecule has 0 radical (unpaired) electrons. The summed E-state index contributed by atoms with van der Waals surface area (Å²) in [6, 6.07) is 15.6. The predicted octanol–water partition coefficient (Wildman–Crippen LogP) is 12.2. The van der Waals surface area contributed by atoms with Crippen molar-refractivity contribution in [3.8, 4) is 11.5 Å². The highest BCUT2D eigenvalue weighted by Crippen LogP contribution is 2.68. The van der Waals surface area contributed by atoms with Gasteiger partial charge in [0, 0.05) is 10.9 Å². The summed E-state index contributed by atoms with van der Waals surface area (Å²) in [6.07, 6.45) is 20.5. The van der Waals surface area contributed by atoms with Crippen LogP contribution in [-0.4, -0.2) is 23.8 Å². The number of fused-ring (bicyclic) bond motifs is 5. The van der Waals surface area contributed by atoms with Gasteiger partial charge in [0.2, 0.25) is 0 Å². The van der Waals surface area contributed by atoms with Crippen LogP contribution in [0.5, 0.6) is 11.5 Å². The Morgan fingerprint density at radius 1 is 0.854 bits per heavy atom. The maximum atomic E-state index is 12.7. The second kappa shape index (κ2) is 15.4. The summed E-state index contributed by atoms with van der Waals surface area (Å²) in [4.78, 5) is 12.7. The normalized spacial score (nSPS) is 33.6. The average molecular weight is 718 g/mol. The Morgan fingerprint density at radius 3 is 2.29 bits per heavy atom. The molecule has 4 aliphatic carbocycles. The van der Waals surface area contributed by atoms with E-state index in [1.807, 2.05) is 30.3 Å². The summed E-state index contributed by atoms with van der Waals surface area (Å²) < 4.78 is 12.2. The third-order valence-electron chi connectivity index (χ3n) is 13.9. The molecule has 6 rings (SSSR count). The van der Waals surface area contributed by atoms with Crippen LogP contribution in [-0.2, 0) is 0 Å². The zero-order valence-electron chi connectivity index (χ0n) is 30.4. The van der Waals surface area contributed by atoms with E-state index in [-0.39, 0.29) is 5.78 Å². The van der Waals surface area contributed by atoms with Gasteiger partial charge in [-0.1, -0.05) is 88.0 Å². The van der Waals surface area contributed by atoms with Crippen LogP contribution in [0.4, 0.5) is 0 Å². The first-order valence-electron chi connectivity index (χ1n) is 19.4. The van der Waals surface area contributed by atoms with E-state index < -0.39 is 0 Å². The van der Waals surface area contributed by atoms with E-state index in [4.69, 9.17) is 9.47 Å². The first-order valence-corrected chi connectivity index (χ1v) is 20.5. The highest BCUT2D eigenvalue weighted by Gasteiger charge is 2.60. The van der Waals surface area contributed by atoms with Gasteiger partial charge in [-0.05, 0) is 158 Å². The lowest BCUT2D eigenvalue weighted by Gasteiger charge is -2.61. The van der Waals surface area contributed by atoms with Crippen LogP contribution in [0.1, 0.15) is 128 Å². The van der Waals surface area contributed by atoms with E-state index >= 15 is 0 Å². The lowest BCUT2D eigenvalue weighted by molar-refractivity contribution is -0.126. The molecule has 2 aromatic carbocycles. The minimum atomic E-state index is -0.00987. The topological polar surface area (TPSA) is 35.5 Å². The molecule has 48 heavy (non-hydrogen) atoms.